The minimum atomic E-state index is 0.0196. The van der Waals surface area contributed by atoms with E-state index >= 15 is 0 Å². The maximum atomic E-state index is 11.9. The Kier molecular flexibility index (Phi) is 2.73. The number of aryl methyl sites for hydroxylation is 1. The number of nitrogens with two attached hydrogens (primary N) is 1. The Bertz CT molecular complexity index is 346. The monoisotopic (exact) mass is 209 g/mol. The molecule has 1 aromatic rings. The van der Waals surface area contributed by atoms with Crippen molar-refractivity contribution in [3.8, 4) is 0 Å². The summed E-state index contributed by atoms with van der Waals surface area (Å²) in [7, 11) is 0. The number of hydrogen-bond acceptors (Lipinski definition) is 3. The number of nitrogens with zero attached hydrogens (tertiary/aromatic N) is 1. The fourth-order valence-electron chi connectivity index (χ4n) is 1.96. The lowest BCUT2D eigenvalue weighted by Gasteiger charge is -2.08. The number of carbonyl (C=O) groups is 1. The first-order valence-electron chi connectivity index (χ1n) is 5.28. The number of Topliss-reactive ketones (excluding diaryl/α,β-unsaturated/α-hetero) is 1. The van der Waals surface area contributed by atoms with Gasteiger partial charge in [0.15, 0.2) is 5.78 Å². The summed E-state index contributed by atoms with van der Waals surface area (Å²) in [5.41, 5.74) is 6.71. The number of aromatic nitrogens is 2. The Morgan fingerprint density at radius 2 is 2.53 bits per heavy atom. The van der Waals surface area contributed by atoms with Gasteiger partial charge >= 0.3 is 5.95 Å². The summed E-state index contributed by atoms with van der Waals surface area (Å²) in [5.74, 6) is 0.755. The lowest BCUT2D eigenvalue weighted by Crippen LogP contribution is -2.46. The third-order valence-electron chi connectivity index (χ3n) is 2.91. The van der Waals surface area contributed by atoms with Crippen molar-refractivity contribution in [3.63, 3.8) is 0 Å². The van der Waals surface area contributed by atoms with E-state index in [4.69, 9.17) is 5.73 Å². The zero-order valence-corrected chi connectivity index (χ0v) is 8.92. The quantitative estimate of drug-likeness (QED) is 0.588. The van der Waals surface area contributed by atoms with Crippen molar-refractivity contribution in [3.05, 3.63) is 11.9 Å². The van der Waals surface area contributed by atoms with Gasteiger partial charge in [-0.25, -0.2) is 9.55 Å². The maximum absolute atomic E-state index is 11.9. The van der Waals surface area contributed by atoms with Crippen molar-refractivity contribution in [2.45, 2.75) is 32.4 Å². The molecule has 0 amide bonds. The molecule has 1 atom stereocenters. The third kappa shape index (κ3) is 2.02. The van der Waals surface area contributed by atoms with Crippen molar-refractivity contribution in [1.82, 2.24) is 10.3 Å². The van der Waals surface area contributed by atoms with Crippen LogP contribution >= 0.6 is 0 Å². The summed E-state index contributed by atoms with van der Waals surface area (Å²) in [6.45, 7) is 3.24. The second-order valence-corrected chi connectivity index (χ2v) is 4.02. The van der Waals surface area contributed by atoms with Crippen molar-refractivity contribution in [2.24, 2.45) is 0 Å². The van der Waals surface area contributed by atoms with Gasteiger partial charge in [0.05, 0.1) is 12.2 Å². The normalized spacial score (nSPS) is 20.7. The standard InChI is InChI=1S/C10H16N4O/c1-7-5-13-10(11)14(7)6-9(15)8-3-2-4-12-8/h5,8,12H,2-4,6H2,1H3,(H2,11,13)/p+1. The molecule has 0 radical (unpaired) electrons. The van der Waals surface area contributed by atoms with Crippen LogP contribution in [0.5, 0.6) is 0 Å². The van der Waals surface area contributed by atoms with E-state index in [0.29, 0.717) is 12.5 Å². The van der Waals surface area contributed by atoms with Gasteiger partial charge < -0.3 is 5.32 Å². The van der Waals surface area contributed by atoms with Crippen LogP contribution in [0, 0.1) is 6.92 Å². The van der Waals surface area contributed by atoms with Crippen LogP contribution in [0.4, 0.5) is 5.95 Å². The molecule has 0 aliphatic carbocycles. The molecule has 1 fully saturated rings. The van der Waals surface area contributed by atoms with Crippen LogP contribution in [0.25, 0.3) is 0 Å². The summed E-state index contributed by atoms with van der Waals surface area (Å²) in [4.78, 5) is 14.8. The number of rotatable bonds is 3. The number of nitrogen functional groups attached to an aromatic ring is 1. The zero-order valence-electron chi connectivity index (χ0n) is 8.92. The van der Waals surface area contributed by atoms with E-state index in [1.807, 2.05) is 17.7 Å². The molecule has 1 unspecified atom stereocenters. The highest BCUT2D eigenvalue weighted by atomic mass is 16.1. The Hall–Kier alpha value is -1.36. The first-order valence-corrected chi connectivity index (χ1v) is 5.28. The largest absolute Gasteiger partial charge is 0.353 e. The molecule has 2 rings (SSSR count). The van der Waals surface area contributed by atoms with Crippen molar-refractivity contribution in [2.75, 3.05) is 12.3 Å². The van der Waals surface area contributed by atoms with Crippen LogP contribution in [0.15, 0.2) is 6.20 Å². The van der Waals surface area contributed by atoms with E-state index in [9.17, 15) is 4.79 Å². The Labute approximate surface area is 88.7 Å². The minimum absolute atomic E-state index is 0.0196. The zero-order chi connectivity index (χ0) is 10.8. The lowest BCUT2D eigenvalue weighted by atomic mass is 10.1. The molecule has 1 aliphatic rings. The highest BCUT2D eigenvalue weighted by Crippen LogP contribution is 2.06. The van der Waals surface area contributed by atoms with Crippen molar-refractivity contribution < 1.29 is 9.36 Å². The van der Waals surface area contributed by atoms with E-state index in [2.05, 4.69) is 10.3 Å². The molecule has 4 N–H and O–H groups in total. The van der Waals surface area contributed by atoms with Crippen LogP contribution in [0.3, 0.4) is 0 Å². The predicted octanol–water partition coefficient (Wildman–Crippen LogP) is -0.486. The van der Waals surface area contributed by atoms with Gasteiger partial charge in [-0.1, -0.05) is 0 Å². The number of imidazole rings is 1. The van der Waals surface area contributed by atoms with Gasteiger partial charge in [0.25, 0.3) is 0 Å². The number of hydrogen-bond donors (Lipinski definition) is 3. The fourth-order valence-corrected chi connectivity index (χ4v) is 1.96. The highest BCUT2D eigenvalue weighted by Gasteiger charge is 2.24. The van der Waals surface area contributed by atoms with Crippen LogP contribution in [-0.2, 0) is 11.3 Å². The van der Waals surface area contributed by atoms with E-state index in [1.165, 1.54) is 0 Å². The lowest BCUT2D eigenvalue weighted by molar-refractivity contribution is -0.674. The molecule has 5 heteroatoms. The van der Waals surface area contributed by atoms with Gasteiger partial charge in [0.1, 0.15) is 12.2 Å². The van der Waals surface area contributed by atoms with Crippen LogP contribution < -0.4 is 15.6 Å². The van der Waals surface area contributed by atoms with Gasteiger partial charge in [-0.3, -0.25) is 10.5 Å². The van der Waals surface area contributed by atoms with Crippen LogP contribution in [0.1, 0.15) is 18.5 Å². The van der Waals surface area contributed by atoms with Gasteiger partial charge in [-0.2, -0.15) is 0 Å². The summed E-state index contributed by atoms with van der Waals surface area (Å²) in [5, 5.41) is 3.19. The molecule has 1 saturated heterocycles. The number of H-pyrrole nitrogens is 1. The molecule has 0 aromatic carbocycles. The van der Waals surface area contributed by atoms with E-state index < -0.39 is 0 Å². The number of ketones is 1. The highest BCUT2D eigenvalue weighted by molar-refractivity contribution is 5.83. The maximum Gasteiger partial charge on any atom is 0.353 e. The second kappa shape index (κ2) is 4.02. The molecule has 5 nitrogen and oxygen atoms in total. The smallest absolute Gasteiger partial charge is 0.307 e. The van der Waals surface area contributed by atoms with E-state index in [-0.39, 0.29) is 11.8 Å². The number of nitrogens with one attached hydrogen (secondary N) is 2. The van der Waals surface area contributed by atoms with Gasteiger partial charge in [0.2, 0.25) is 0 Å². The second-order valence-electron chi connectivity index (χ2n) is 4.02. The number of anilines is 1. The average molecular weight is 209 g/mol. The number of carbonyl (C=O) groups excluding carboxylic acids is 1. The molecule has 1 aliphatic heterocycles. The Balaban J connectivity index is 2.05. The molecular weight excluding hydrogens is 192 g/mol. The fraction of sp³-hybridized carbons (Fsp3) is 0.600. The van der Waals surface area contributed by atoms with Crippen LogP contribution in [-0.4, -0.2) is 23.4 Å². The third-order valence-corrected chi connectivity index (χ3v) is 2.91. The molecule has 15 heavy (non-hydrogen) atoms. The Morgan fingerprint density at radius 1 is 1.73 bits per heavy atom. The van der Waals surface area contributed by atoms with Gasteiger partial charge in [0, 0.05) is 0 Å². The van der Waals surface area contributed by atoms with E-state index in [1.54, 1.807) is 0 Å². The summed E-state index contributed by atoms with van der Waals surface area (Å²) in [6.07, 6.45) is 3.84. The molecule has 82 valence electrons. The van der Waals surface area contributed by atoms with Crippen LogP contribution in [0.2, 0.25) is 0 Å². The molecule has 1 aromatic heterocycles. The molecule has 0 bridgehead atoms. The Morgan fingerprint density at radius 3 is 3.07 bits per heavy atom. The SMILES string of the molecule is Cc1c[nH]c(N)[n+]1CC(=O)C1CCCN1. The summed E-state index contributed by atoms with van der Waals surface area (Å²) in [6, 6.07) is 0.0196. The molecular formula is C10H17N4O+. The first kappa shape index (κ1) is 10.2. The number of aromatic amines is 1. The topological polar surface area (TPSA) is 74.8 Å². The minimum Gasteiger partial charge on any atom is -0.307 e. The van der Waals surface area contributed by atoms with Gasteiger partial charge in [-0.15, -0.1) is 0 Å². The molecule has 2 heterocycles. The molecule has 0 spiro atoms. The summed E-state index contributed by atoms with van der Waals surface area (Å²) < 4.78 is 1.81. The van der Waals surface area contributed by atoms with Gasteiger partial charge in [-0.05, 0) is 26.3 Å². The molecule has 0 saturated carbocycles. The summed E-state index contributed by atoms with van der Waals surface area (Å²) >= 11 is 0. The average Bonchev–Trinajstić information content (AvgIpc) is 2.82. The van der Waals surface area contributed by atoms with E-state index in [0.717, 1.165) is 25.1 Å². The van der Waals surface area contributed by atoms with Crippen molar-refractivity contribution in [1.29, 1.82) is 0 Å². The predicted molar refractivity (Wildman–Crippen MR) is 56.2 cm³/mol. The first-order chi connectivity index (χ1) is 7.18. The van der Waals surface area contributed by atoms with Crippen molar-refractivity contribution >= 4 is 11.7 Å².